The lowest BCUT2D eigenvalue weighted by atomic mass is 10.0. The highest BCUT2D eigenvalue weighted by molar-refractivity contribution is 5.97. The van der Waals surface area contributed by atoms with Crippen molar-refractivity contribution in [2.24, 2.45) is 0 Å². The fourth-order valence-electron chi connectivity index (χ4n) is 1.68. The molecule has 0 saturated carbocycles. The third kappa shape index (κ3) is 2.56. The molecule has 1 heterocycles. The maximum absolute atomic E-state index is 11.9. The molecule has 0 bridgehead atoms. The van der Waals surface area contributed by atoms with Crippen molar-refractivity contribution in [2.45, 2.75) is 20.0 Å². The van der Waals surface area contributed by atoms with Crippen LogP contribution in [0.4, 0.5) is 0 Å². The van der Waals surface area contributed by atoms with Crippen LogP contribution in [0.25, 0.3) is 11.1 Å². The molecule has 2 rings (SSSR count). The van der Waals surface area contributed by atoms with E-state index in [1.54, 1.807) is 6.07 Å². The predicted molar refractivity (Wildman–Crippen MR) is 66.8 cm³/mol. The molecule has 0 atom stereocenters. The van der Waals surface area contributed by atoms with Crippen LogP contribution in [0.15, 0.2) is 42.7 Å². The van der Waals surface area contributed by atoms with E-state index in [9.17, 15) is 4.79 Å². The zero-order valence-corrected chi connectivity index (χ0v) is 9.94. The molecule has 0 aliphatic carbocycles. The van der Waals surface area contributed by atoms with Crippen molar-refractivity contribution in [1.29, 1.82) is 0 Å². The zero-order valence-electron chi connectivity index (χ0n) is 9.94. The predicted octanol–water partition coefficient (Wildman–Crippen LogP) is 3.25. The molecule has 1 aromatic heterocycles. The molecule has 2 aromatic rings. The van der Waals surface area contributed by atoms with Gasteiger partial charge in [0.25, 0.3) is 0 Å². The Bertz CT molecular complexity index is 501. The summed E-state index contributed by atoms with van der Waals surface area (Å²) in [6.07, 6.45) is 3.59. The lowest BCUT2D eigenvalue weighted by Crippen LogP contribution is -2.12. The molecule has 17 heavy (non-hydrogen) atoms. The molecule has 0 saturated heterocycles. The van der Waals surface area contributed by atoms with Gasteiger partial charge in [-0.2, -0.15) is 0 Å². The smallest absolute Gasteiger partial charge is 0.339 e. The fraction of sp³-hybridized carbons (Fsp3) is 0.214. The minimum atomic E-state index is -0.281. The number of esters is 1. The van der Waals surface area contributed by atoms with Gasteiger partial charge in [0.05, 0.1) is 11.7 Å². The lowest BCUT2D eigenvalue weighted by Gasteiger charge is -2.10. The highest BCUT2D eigenvalue weighted by atomic mass is 16.5. The highest BCUT2D eigenvalue weighted by Crippen LogP contribution is 2.23. The molecule has 0 aliphatic rings. The summed E-state index contributed by atoms with van der Waals surface area (Å²) < 4.78 is 5.23. The quantitative estimate of drug-likeness (QED) is 0.821. The van der Waals surface area contributed by atoms with E-state index in [1.807, 2.05) is 50.5 Å². The van der Waals surface area contributed by atoms with E-state index in [0.29, 0.717) is 5.56 Å². The number of aromatic nitrogens is 1. The molecule has 0 fully saturated rings. The molecule has 88 valence electrons. The Hall–Kier alpha value is -2.03. The number of hydrogen-bond donors (Lipinski definition) is 1. The summed E-state index contributed by atoms with van der Waals surface area (Å²) in [7, 11) is 0. The van der Waals surface area contributed by atoms with Crippen molar-refractivity contribution < 1.29 is 9.53 Å². The average Bonchev–Trinajstić information content (AvgIpc) is 2.81. The average molecular weight is 229 g/mol. The summed E-state index contributed by atoms with van der Waals surface area (Å²) in [4.78, 5) is 14.9. The van der Waals surface area contributed by atoms with E-state index < -0.39 is 0 Å². The second kappa shape index (κ2) is 4.87. The molecule has 1 aromatic carbocycles. The first-order chi connectivity index (χ1) is 8.18. The van der Waals surface area contributed by atoms with Crippen molar-refractivity contribution in [2.75, 3.05) is 0 Å². The fourth-order valence-corrected chi connectivity index (χ4v) is 1.68. The van der Waals surface area contributed by atoms with Gasteiger partial charge in [0.2, 0.25) is 0 Å². The van der Waals surface area contributed by atoms with E-state index in [1.165, 1.54) is 0 Å². The molecule has 0 unspecified atom stereocenters. The normalized spacial score (nSPS) is 10.5. The molecule has 1 N–H and O–H groups in total. The standard InChI is InChI=1S/C14H15NO2/c1-10(2)17-14(16)13-6-4-3-5-12(13)11-7-8-15-9-11/h3-10,15H,1-2H3. The Morgan fingerprint density at radius 1 is 1.24 bits per heavy atom. The largest absolute Gasteiger partial charge is 0.459 e. The molecule has 0 radical (unpaired) electrons. The first-order valence-corrected chi connectivity index (χ1v) is 5.61. The van der Waals surface area contributed by atoms with Crippen LogP contribution in [-0.4, -0.2) is 17.1 Å². The van der Waals surface area contributed by atoms with Crippen LogP contribution in [-0.2, 0) is 4.74 Å². The second-order valence-electron chi connectivity index (χ2n) is 4.10. The summed E-state index contributed by atoms with van der Waals surface area (Å²) in [6, 6.07) is 9.39. The molecular weight excluding hydrogens is 214 g/mol. The molecule has 3 heteroatoms. The van der Waals surface area contributed by atoms with Crippen LogP contribution < -0.4 is 0 Å². The number of nitrogens with one attached hydrogen (secondary N) is 1. The van der Waals surface area contributed by atoms with Gasteiger partial charge in [-0.25, -0.2) is 4.79 Å². The van der Waals surface area contributed by atoms with Gasteiger partial charge in [-0.05, 0) is 37.1 Å². The number of H-pyrrole nitrogens is 1. The summed E-state index contributed by atoms with van der Waals surface area (Å²) in [6.45, 7) is 3.69. The summed E-state index contributed by atoms with van der Waals surface area (Å²) in [5.74, 6) is -0.281. The third-order valence-electron chi connectivity index (χ3n) is 2.40. The van der Waals surface area contributed by atoms with E-state index in [-0.39, 0.29) is 12.1 Å². The lowest BCUT2D eigenvalue weighted by molar-refractivity contribution is 0.0379. The van der Waals surface area contributed by atoms with Crippen LogP contribution in [0.5, 0.6) is 0 Å². The van der Waals surface area contributed by atoms with Gasteiger partial charge >= 0.3 is 5.97 Å². The van der Waals surface area contributed by atoms with Gasteiger partial charge in [0, 0.05) is 12.4 Å². The van der Waals surface area contributed by atoms with Crippen molar-refractivity contribution in [1.82, 2.24) is 4.98 Å². The van der Waals surface area contributed by atoms with E-state index in [4.69, 9.17) is 4.74 Å². The van der Waals surface area contributed by atoms with Gasteiger partial charge in [0.15, 0.2) is 0 Å². The van der Waals surface area contributed by atoms with Crippen LogP contribution in [0.2, 0.25) is 0 Å². The molecular formula is C14H15NO2. The number of hydrogen-bond acceptors (Lipinski definition) is 2. The molecule has 0 amide bonds. The van der Waals surface area contributed by atoms with Gasteiger partial charge in [0.1, 0.15) is 0 Å². The topological polar surface area (TPSA) is 42.1 Å². The Kier molecular flexibility index (Phi) is 3.28. The maximum Gasteiger partial charge on any atom is 0.339 e. The maximum atomic E-state index is 11.9. The Morgan fingerprint density at radius 3 is 2.65 bits per heavy atom. The number of ether oxygens (including phenoxy) is 1. The number of carbonyl (C=O) groups is 1. The highest BCUT2D eigenvalue weighted by Gasteiger charge is 2.14. The zero-order chi connectivity index (χ0) is 12.3. The van der Waals surface area contributed by atoms with E-state index >= 15 is 0 Å². The van der Waals surface area contributed by atoms with Crippen molar-refractivity contribution >= 4 is 5.97 Å². The SMILES string of the molecule is CC(C)OC(=O)c1ccccc1-c1cc[nH]c1. The van der Waals surface area contributed by atoms with Crippen molar-refractivity contribution in [3.8, 4) is 11.1 Å². The minimum absolute atomic E-state index is 0.109. The van der Waals surface area contributed by atoms with Gasteiger partial charge in [-0.3, -0.25) is 0 Å². The van der Waals surface area contributed by atoms with Crippen LogP contribution in [0.1, 0.15) is 24.2 Å². The van der Waals surface area contributed by atoms with Gasteiger partial charge in [-0.15, -0.1) is 0 Å². The summed E-state index contributed by atoms with van der Waals surface area (Å²) >= 11 is 0. The first kappa shape index (κ1) is 11.5. The monoisotopic (exact) mass is 229 g/mol. The Balaban J connectivity index is 2.38. The minimum Gasteiger partial charge on any atom is -0.459 e. The van der Waals surface area contributed by atoms with Crippen molar-refractivity contribution in [3.05, 3.63) is 48.3 Å². The molecule has 3 nitrogen and oxygen atoms in total. The Labute approximate surface area is 100 Å². The van der Waals surface area contributed by atoms with E-state index in [0.717, 1.165) is 11.1 Å². The summed E-state index contributed by atoms with van der Waals surface area (Å²) in [5, 5.41) is 0. The second-order valence-corrected chi connectivity index (χ2v) is 4.10. The number of carbonyl (C=O) groups excluding carboxylic acids is 1. The third-order valence-corrected chi connectivity index (χ3v) is 2.40. The van der Waals surface area contributed by atoms with Crippen LogP contribution in [0, 0.1) is 0 Å². The molecule has 0 aliphatic heterocycles. The number of benzene rings is 1. The first-order valence-electron chi connectivity index (χ1n) is 5.61. The van der Waals surface area contributed by atoms with Crippen molar-refractivity contribution in [3.63, 3.8) is 0 Å². The number of rotatable bonds is 3. The van der Waals surface area contributed by atoms with Gasteiger partial charge < -0.3 is 9.72 Å². The van der Waals surface area contributed by atoms with E-state index in [2.05, 4.69) is 4.98 Å². The van der Waals surface area contributed by atoms with Crippen LogP contribution >= 0.6 is 0 Å². The Morgan fingerprint density at radius 2 is 2.00 bits per heavy atom. The van der Waals surface area contributed by atoms with Crippen LogP contribution in [0.3, 0.4) is 0 Å². The van der Waals surface area contributed by atoms with Gasteiger partial charge in [-0.1, -0.05) is 18.2 Å². The molecule has 0 spiro atoms. The summed E-state index contributed by atoms with van der Waals surface area (Å²) in [5.41, 5.74) is 2.47. The number of aromatic amines is 1.